The topological polar surface area (TPSA) is 67.9 Å². The first-order chi connectivity index (χ1) is 15.5. The molecule has 0 saturated heterocycles. The quantitative estimate of drug-likeness (QED) is 0.569. The summed E-state index contributed by atoms with van der Waals surface area (Å²) in [6, 6.07) is 13.3. The zero-order valence-electron chi connectivity index (χ0n) is 19.4. The van der Waals surface area contributed by atoms with Crippen molar-refractivity contribution in [3.63, 3.8) is 0 Å². The van der Waals surface area contributed by atoms with Crippen LogP contribution >= 0.6 is 0 Å². The largest absolute Gasteiger partial charge is 0.486 e. The van der Waals surface area contributed by atoms with Gasteiger partial charge in [-0.1, -0.05) is 49.2 Å². The Bertz CT molecular complexity index is 911. The predicted octanol–water partition coefficient (Wildman–Crippen LogP) is 4.03. The summed E-state index contributed by atoms with van der Waals surface area (Å²) in [5, 5.41) is 2.96. The molecule has 6 heteroatoms. The van der Waals surface area contributed by atoms with Crippen LogP contribution < -0.4 is 14.8 Å². The molecule has 2 aromatic carbocycles. The van der Waals surface area contributed by atoms with Gasteiger partial charge in [-0.25, -0.2) is 0 Å². The van der Waals surface area contributed by atoms with E-state index < -0.39 is 6.04 Å². The second-order valence-electron chi connectivity index (χ2n) is 8.31. The smallest absolute Gasteiger partial charge is 0.242 e. The fourth-order valence-electron chi connectivity index (χ4n) is 3.65. The normalized spacial score (nSPS) is 13.3. The van der Waals surface area contributed by atoms with Crippen molar-refractivity contribution in [2.75, 3.05) is 19.8 Å². The standard InChI is InChI=1S/C26H34N2O4/c1-4-5-14-27-26(30)20(3)28(18-22-8-6-19(2)7-9-22)25(29)13-11-21-10-12-23-24(17-21)32-16-15-31-23/h6-10,12,17,20H,4-5,11,13-16,18H2,1-3H3,(H,27,30)/t20-/m0/s1. The molecular formula is C26H34N2O4. The van der Waals surface area contributed by atoms with Crippen molar-refractivity contribution in [2.45, 2.75) is 59.0 Å². The number of aryl methyl sites for hydroxylation is 2. The van der Waals surface area contributed by atoms with Crippen LogP contribution in [0.5, 0.6) is 11.5 Å². The summed E-state index contributed by atoms with van der Waals surface area (Å²) in [5.41, 5.74) is 3.19. The van der Waals surface area contributed by atoms with Gasteiger partial charge in [0.15, 0.2) is 11.5 Å². The Balaban J connectivity index is 1.68. The van der Waals surface area contributed by atoms with E-state index in [0.29, 0.717) is 39.1 Å². The summed E-state index contributed by atoms with van der Waals surface area (Å²) < 4.78 is 11.2. The number of amides is 2. The Morgan fingerprint density at radius 2 is 1.72 bits per heavy atom. The molecule has 3 rings (SSSR count). The zero-order valence-corrected chi connectivity index (χ0v) is 19.4. The van der Waals surface area contributed by atoms with Gasteiger partial charge in [0, 0.05) is 19.5 Å². The van der Waals surface area contributed by atoms with Gasteiger partial charge in [0.25, 0.3) is 0 Å². The van der Waals surface area contributed by atoms with E-state index in [1.54, 1.807) is 11.8 Å². The van der Waals surface area contributed by atoms with Gasteiger partial charge >= 0.3 is 0 Å². The second kappa shape index (κ2) is 11.6. The van der Waals surface area contributed by atoms with Gasteiger partial charge in [-0.3, -0.25) is 9.59 Å². The van der Waals surface area contributed by atoms with Crippen LogP contribution in [-0.4, -0.2) is 42.5 Å². The van der Waals surface area contributed by atoms with Crippen LogP contribution in [-0.2, 0) is 22.6 Å². The Kier molecular flexibility index (Phi) is 8.54. The number of rotatable bonds is 10. The first-order valence-corrected chi connectivity index (χ1v) is 11.5. The molecule has 0 fully saturated rings. The highest BCUT2D eigenvalue weighted by atomic mass is 16.6. The van der Waals surface area contributed by atoms with E-state index in [4.69, 9.17) is 9.47 Å². The molecular weight excluding hydrogens is 404 g/mol. The first-order valence-electron chi connectivity index (χ1n) is 11.5. The average molecular weight is 439 g/mol. The van der Waals surface area contributed by atoms with Gasteiger partial charge in [0.2, 0.25) is 11.8 Å². The zero-order chi connectivity index (χ0) is 22.9. The van der Waals surface area contributed by atoms with E-state index in [1.807, 2.05) is 49.4 Å². The third kappa shape index (κ3) is 6.49. The number of hydrogen-bond donors (Lipinski definition) is 1. The molecule has 1 aliphatic heterocycles. The molecule has 1 N–H and O–H groups in total. The van der Waals surface area contributed by atoms with Gasteiger partial charge in [0.1, 0.15) is 19.3 Å². The number of ether oxygens (including phenoxy) is 2. The highest BCUT2D eigenvalue weighted by Crippen LogP contribution is 2.31. The van der Waals surface area contributed by atoms with Gasteiger partial charge in [0.05, 0.1) is 0 Å². The fourth-order valence-corrected chi connectivity index (χ4v) is 3.65. The van der Waals surface area contributed by atoms with Crippen molar-refractivity contribution < 1.29 is 19.1 Å². The van der Waals surface area contributed by atoms with Crippen molar-refractivity contribution >= 4 is 11.8 Å². The summed E-state index contributed by atoms with van der Waals surface area (Å²) in [6.07, 6.45) is 2.83. The van der Waals surface area contributed by atoms with Gasteiger partial charge < -0.3 is 19.7 Å². The fraction of sp³-hybridized carbons (Fsp3) is 0.462. The third-order valence-corrected chi connectivity index (χ3v) is 5.70. The lowest BCUT2D eigenvalue weighted by molar-refractivity contribution is -0.140. The van der Waals surface area contributed by atoms with Crippen molar-refractivity contribution in [2.24, 2.45) is 0 Å². The minimum atomic E-state index is -0.541. The van der Waals surface area contributed by atoms with Crippen molar-refractivity contribution in [3.8, 4) is 11.5 Å². The van der Waals surface area contributed by atoms with E-state index in [-0.39, 0.29) is 11.8 Å². The lowest BCUT2D eigenvalue weighted by Crippen LogP contribution is -2.47. The number of unbranched alkanes of at least 4 members (excludes halogenated alkanes) is 1. The molecule has 0 spiro atoms. The van der Waals surface area contributed by atoms with Crippen LogP contribution in [0.1, 0.15) is 49.8 Å². The number of fused-ring (bicyclic) bond motifs is 1. The molecule has 0 saturated carbocycles. The Hall–Kier alpha value is -3.02. The SMILES string of the molecule is CCCCNC(=O)[C@H](C)N(Cc1ccc(C)cc1)C(=O)CCc1ccc2c(c1)OCCO2. The molecule has 6 nitrogen and oxygen atoms in total. The van der Waals surface area contributed by atoms with E-state index in [0.717, 1.165) is 41.0 Å². The van der Waals surface area contributed by atoms with E-state index in [2.05, 4.69) is 12.2 Å². The highest BCUT2D eigenvalue weighted by molar-refractivity contribution is 5.87. The summed E-state index contributed by atoms with van der Waals surface area (Å²) in [6.45, 7) is 8.04. The monoisotopic (exact) mass is 438 g/mol. The summed E-state index contributed by atoms with van der Waals surface area (Å²) >= 11 is 0. The van der Waals surface area contributed by atoms with Gasteiger partial charge in [-0.05, 0) is 49.9 Å². The Morgan fingerprint density at radius 1 is 1.03 bits per heavy atom. The van der Waals surface area contributed by atoms with Crippen LogP contribution in [0.2, 0.25) is 0 Å². The molecule has 32 heavy (non-hydrogen) atoms. The molecule has 172 valence electrons. The first kappa shape index (κ1) is 23.6. The number of carbonyl (C=O) groups is 2. The average Bonchev–Trinajstić information content (AvgIpc) is 2.81. The van der Waals surface area contributed by atoms with Crippen molar-refractivity contribution in [1.82, 2.24) is 10.2 Å². The number of nitrogens with zero attached hydrogens (tertiary/aromatic N) is 1. The molecule has 1 heterocycles. The Labute approximate surface area is 190 Å². The lowest BCUT2D eigenvalue weighted by atomic mass is 10.1. The number of carbonyl (C=O) groups excluding carboxylic acids is 2. The van der Waals surface area contributed by atoms with Crippen molar-refractivity contribution in [1.29, 1.82) is 0 Å². The van der Waals surface area contributed by atoms with Crippen LogP contribution in [0.15, 0.2) is 42.5 Å². The van der Waals surface area contributed by atoms with Gasteiger partial charge in [-0.15, -0.1) is 0 Å². The third-order valence-electron chi connectivity index (χ3n) is 5.70. The summed E-state index contributed by atoms with van der Waals surface area (Å²) in [5.74, 6) is 1.31. The van der Waals surface area contributed by atoms with Crippen molar-refractivity contribution in [3.05, 3.63) is 59.2 Å². The number of nitrogens with one attached hydrogen (secondary N) is 1. The van der Waals surface area contributed by atoms with E-state index in [1.165, 1.54) is 0 Å². The molecule has 0 bridgehead atoms. The molecule has 1 atom stereocenters. The van der Waals surface area contributed by atoms with Crippen LogP contribution in [0.4, 0.5) is 0 Å². The van der Waals surface area contributed by atoms with Crippen LogP contribution in [0.25, 0.3) is 0 Å². The molecule has 0 aliphatic carbocycles. The van der Waals surface area contributed by atoms with Gasteiger partial charge in [-0.2, -0.15) is 0 Å². The predicted molar refractivity (Wildman–Crippen MR) is 125 cm³/mol. The second-order valence-corrected chi connectivity index (χ2v) is 8.31. The summed E-state index contributed by atoms with van der Waals surface area (Å²) in [4.78, 5) is 27.6. The van der Waals surface area contributed by atoms with E-state index >= 15 is 0 Å². The van der Waals surface area contributed by atoms with Crippen LogP contribution in [0.3, 0.4) is 0 Å². The molecule has 0 radical (unpaired) electrons. The maximum atomic E-state index is 13.2. The minimum absolute atomic E-state index is 0.0430. The minimum Gasteiger partial charge on any atom is -0.486 e. The molecule has 0 aromatic heterocycles. The maximum Gasteiger partial charge on any atom is 0.242 e. The summed E-state index contributed by atoms with van der Waals surface area (Å²) in [7, 11) is 0. The highest BCUT2D eigenvalue weighted by Gasteiger charge is 2.26. The van der Waals surface area contributed by atoms with E-state index in [9.17, 15) is 9.59 Å². The number of benzene rings is 2. The molecule has 1 aliphatic rings. The molecule has 2 amide bonds. The maximum absolute atomic E-state index is 13.2. The lowest BCUT2D eigenvalue weighted by Gasteiger charge is -2.29. The molecule has 0 unspecified atom stereocenters. The van der Waals surface area contributed by atoms with Crippen LogP contribution in [0, 0.1) is 6.92 Å². The molecule has 2 aromatic rings. The Morgan fingerprint density at radius 3 is 2.44 bits per heavy atom. The number of hydrogen-bond acceptors (Lipinski definition) is 4.